The van der Waals surface area contributed by atoms with E-state index in [-0.39, 0.29) is 0 Å². The number of hydrogen-bond acceptors (Lipinski definition) is 2. The zero-order valence-electron chi connectivity index (χ0n) is 12.5. The molecule has 0 saturated carbocycles. The molecule has 2 aromatic carbocycles. The molecule has 2 heteroatoms. The van der Waals surface area contributed by atoms with Gasteiger partial charge in [-0.25, -0.2) is 0 Å². The molecule has 0 saturated heterocycles. The monoisotopic (exact) mass is 280 g/mol. The summed E-state index contributed by atoms with van der Waals surface area (Å²) in [6.07, 6.45) is 0.957. The summed E-state index contributed by atoms with van der Waals surface area (Å²) in [4.78, 5) is 0. The minimum absolute atomic E-state index is 0.556. The number of hydrogen-bond donors (Lipinski definition) is 1. The van der Waals surface area contributed by atoms with Gasteiger partial charge in [0.15, 0.2) is 0 Å². The number of benzene rings is 2. The first-order valence-electron chi connectivity index (χ1n) is 7.35. The highest BCUT2D eigenvalue weighted by Gasteiger charge is 2.13. The molecule has 0 amide bonds. The van der Waals surface area contributed by atoms with Crippen molar-refractivity contribution < 1.29 is 9.52 Å². The van der Waals surface area contributed by atoms with E-state index in [1.54, 1.807) is 0 Å². The average molecular weight is 280 g/mol. The third-order valence-electron chi connectivity index (χ3n) is 3.85. The molecule has 1 N–H and O–H groups in total. The Morgan fingerprint density at radius 3 is 2.43 bits per heavy atom. The summed E-state index contributed by atoms with van der Waals surface area (Å²) < 4.78 is 5.74. The lowest BCUT2D eigenvalue weighted by molar-refractivity contribution is 0.143. The Kier molecular flexibility index (Phi) is 3.80. The molecule has 0 radical (unpaired) electrons. The molecule has 0 fully saturated rings. The van der Waals surface area contributed by atoms with Gasteiger partial charge in [0.05, 0.1) is 0 Å². The molecule has 1 atom stereocenters. The summed E-state index contributed by atoms with van der Waals surface area (Å²) in [5, 5.41) is 11.4. The third-order valence-corrected chi connectivity index (χ3v) is 3.85. The van der Waals surface area contributed by atoms with Crippen molar-refractivity contribution in [2.24, 2.45) is 0 Å². The molecule has 1 aromatic heterocycles. The molecular weight excluding hydrogens is 260 g/mol. The van der Waals surface area contributed by atoms with Gasteiger partial charge in [-0.2, -0.15) is 0 Å². The fraction of sp³-hybridized carbons (Fsp3) is 0.263. The molecule has 1 unspecified atom stereocenters. The van der Waals surface area contributed by atoms with Crippen LogP contribution < -0.4 is 0 Å². The Hall–Kier alpha value is -2.06. The van der Waals surface area contributed by atoms with Crippen molar-refractivity contribution in [1.29, 1.82) is 0 Å². The fourth-order valence-electron chi connectivity index (χ4n) is 2.55. The first kappa shape index (κ1) is 13.9. The van der Waals surface area contributed by atoms with Gasteiger partial charge in [-0.15, -0.1) is 0 Å². The van der Waals surface area contributed by atoms with Crippen LogP contribution >= 0.6 is 0 Å². The SMILES string of the molecule is Cc1ccc(CCC(O)c2cc3cc(C)ccc3o2)cc1. The molecule has 21 heavy (non-hydrogen) atoms. The van der Waals surface area contributed by atoms with Gasteiger partial charge >= 0.3 is 0 Å². The lowest BCUT2D eigenvalue weighted by Gasteiger charge is -2.07. The van der Waals surface area contributed by atoms with Crippen molar-refractivity contribution >= 4 is 11.0 Å². The molecule has 108 valence electrons. The van der Waals surface area contributed by atoms with E-state index in [9.17, 15) is 5.11 Å². The highest BCUT2D eigenvalue weighted by molar-refractivity contribution is 5.78. The molecule has 0 aliphatic carbocycles. The van der Waals surface area contributed by atoms with Crippen molar-refractivity contribution in [3.63, 3.8) is 0 Å². The van der Waals surface area contributed by atoms with Crippen LogP contribution in [0.4, 0.5) is 0 Å². The first-order valence-corrected chi connectivity index (χ1v) is 7.35. The number of fused-ring (bicyclic) bond motifs is 1. The smallest absolute Gasteiger partial charge is 0.134 e. The zero-order valence-corrected chi connectivity index (χ0v) is 12.5. The van der Waals surface area contributed by atoms with Crippen LogP contribution in [-0.2, 0) is 6.42 Å². The van der Waals surface area contributed by atoms with Crippen LogP contribution in [0.1, 0.15) is 35.0 Å². The third kappa shape index (κ3) is 3.17. The van der Waals surface area contributed by atoms with Gasteiger partial charge in [0.2, 0.25) is 0 Å². The topological polar surface area (TPSA) is 33.4 Å². The zero-order chi connectivity index (χ0) is 14.8. The van der Waals surface area contributed by atoms with Crippen LogP contribution in [0.25, 0.3) is 11.0 Å². The number of rotatable bonds is 4. The quantitative estimate of drug-likeness (QED) is 0.750. The van der Waals surface area contributed by atoms with E-state index in [1.807, 2.05) is 18.2 Å². The molecule has 1 heterocycles. The average Bonchev–Trinajstić information content (AvgIpc) is 2.89. The predicted octanol–water partition coefficient (Wildman–Crippen LogP) is 4.72. The van der Waals surface area contributed by atoms with Crippen LogP contribution in [0.3, 0.4) is 0 Å². The van der Waals surface area contributed by atoms with Crippen molar-refractivity contribution in [3.05, 3.63) is 71.0 Å². The maximum atomic E-state index is 10.3. The maximum absolute atomic E-state index is 10.3. The van der Waals surface area contributed by atoms with Crippen LogP contribution in [0.2, 0.25) is 0 Å². The van der Waals surface area contributed by atoms with Gasteiger partial charge in [-0.05, 0) is 50.5 Å². The van der Waals surface area contributed by atoms with Crippen molar-refractivity contribution in [2.45, 2.75) is 32.8 Å². The summed E-state index contributed by atoms with van der Waals surface area (Å²) >= 11 is 0. The van der Waals surface area contributed by atoms with Crippen molar-refractivity contribution in [1.82, 2.24) is 0 Å². The van der Waals surface area contributed by atoms with Gasteiger partial charge in [-0.1, -0.05) is 41.5 Å². The first-order chi connectivity index (χ1) is 10.1. The van der Waals surface area contributed by atoms with Gasteiger partial charge < -0.3 is 9.52 Å². The lowest BCUT2D eigenvalue weighted by Crippen LogP contribution is -1.98. The maximum Gasteiger partial charge on any atom is 0.134 e. The number of aliphatic hydroxyl groups is 1. The van der Waals surface area contributed by atoms with E-state index in [2.05, 4.69) is 44.2 Å². The summed E-state index contributed by atoms with van der Waals surface area (Å²) in [7, 11) is 0. The lowest BCUT2D eigenvalue weighted by atomic mass is 10.0. The summed E-state index contributed by atoms with van der Waals surface area (Å²) in [6, 6.07) is 16.4. The van der Waals surface area contributed by atoms with Crippen molar-refractivity contribution in [3.8, 4) is 0 Å². The van der Waals surface area contributed by atoms with Gasteiger partial charge in [0.25, 0.3) is 0 Å². The number of aliphatic hydroxyl groups excluding tert-OH is 1. The van der Waals surface area contributed by atoms with Crippen LogP contribution in [0.5, 0.6) is 0 Å². The number of aryl methyl sites for hydroxylation is 3. The predicted molar refractivity (Wildman–Crippen MR) is 85.4 cm³/mol. The van der Waals surface area contributed by atoms with E-state index in [4.69, 9.17) is 4.42 Å². The van der Waals surface area contributed by atoms with E-state index >= 15 is 0 Å². The summed E-state index contributed by atoms with van der Waals surface area (Å²) in [5.41, 5.74) is 4.53. The van der Waals surface area contributed by atoms with Crippen molar-refractivity contribution in [2.75, 3.05) is 0 Å². The molecule has 0 spiro atoms. The molecule has 3 aromatic rings. The minimum Gasteiger partial charge on any atom is -0.458 e. The van der Waals surface area contributed by atoms with Gasteiger partial charge in [-0.3, -0.25) is 0 Å². The Morgan fingerprint density at radius 1 is 0.952 bits per heavy atom. The van der Waals surface area contributed by atoms with E-state index < -0.39 is 6.10 Å². The Labute approximate surface area is 125 Å². The normalized spacial score (nSPS) is 12.7. The summed E-state index contributed by atoms with van der Waals surface area (Å²) in [6.45, 7) is 4.13. The summed E-state index contributed by atoms with van der Waals surface area (Å²) in [5.74, 6) is 0.655. The second kappa shape index (κ2) is 5.74. The van der Waals surface area contributed by atoms with E-state index in [0.29, 0.717) is 12.2 Å². The Bertz CT molecular complexity index is 738. The standard InChI is InChI=1S/C19H20O2/c1-13-3-6-15(7-4-13)8-9-17(20)19-12-16-11-14(2)5-10-18(16)21-19/h3-7,10-12,17,20H,8-9H2,1-2H3. The van der Waals surface area contributed by atoms with Gasteiger partial charge in [0, 0.05) is 5.39 Å². The second-order valence-electron chi connectivity index (χ2n) is 5.73. The molecule has 2 nitrogen and oxygen atoms in total. The highest BCUT2D eigenvalue weighted by atomic mass is 16.4. The molecule has 0 bridgehead atoms. The van der Waals surface area contributed by atoms with Crippen LogP contribution in [0, 0.1) is 13.8 Å². The van der Waals surface area contributed by atoms with Gasteiger partial charge in [0.1, 0.15) is 17.4 Å². The largest absolute Gasteiger partial charge is 0.458 e. The van der Waals surface area contributed by atoms with Crippen LogP contribution in [-0.4, -0.2) is 5.11 Å². The number of furan rings is 1. The van der Waals surface area contributed by atoms with Crippen LogP contribution in [0.15, 0.2) is 52.9 Å². The van der Waals surface area contributed by atoms with E-state index in [1.165, 1.54) is 16.7 Å². The fourth-order valence-corrected chi connectivity index (χ4v) is 2.55. The molecule has 3 rings (SSSR count). The molecular formula is C19H20O2. The molecule has 0 aliphatic rings. The highest BCUT2D eigenvalue weighted by Crippen LogP contribution is 2.27. The van der Waals surface area contributed by atoms with E-state index in [0.717, 1.165) is 17.4 Å². The molecule has 0 aliphatic heterocycles. The minimum atomic E-state index is -0.556. The second-order valence-corrected chi connectivity index (χ2v) is 5.73. The Balaban J connectivity index is 1.71. The Morgan fingerprint density at radius 2 is 1.67 bits per heavy atom.